The van der Waals surface area contributed by atoms with Crippen LogP contribution in [-0.2, 0) is 13.0 Å². The van der Waals surface area contributed by atoms with Crippen LogP contribution in [0.15, 0.2) is 42.7 Å². The summed E-state index contributed by atoms with van der Waals surface area (Å²) in [6, 6.07) is 9.67. The van der Waals surface area contributed by atoms with E-state index in [4.69, 9.17) is 5.73 Å². The monoisotopic (exact) mass is 239 g/mol. The number of aryl methyl sites for hydroxylation is 2. The molecule has 0 aliphatic carbocycles. The molecule has 3 aromatic heterocycles. The van der Waals surface area contributed by atoms with E-state index >= 15 is 0 Å². The van der Waals surface area contributed by atoms with Crippen molar-refractivity contribution in [3.05, 3.63) is 48.4 Å². The molecule has 0 aromatic carbocycles. The first-order valence-electron chi connectivity index (χ1n) is 5.81. The lowest BCUT2D eigenvalue weighted by Crippen LogP contribution is -2.07. The van der Waals surface area contributed by atoms with Gasteiger partial charge in [-0.05, 0) is 24.3 Å². The molecule has 0 aliphatic heterocycles. The largest absolute Gasteiger partial charge is 0.369 e. The van der Waals surface area contributed by atoms with Crippen molar-refractivity contribution in [2.24, 2.45) is 0 Å². The Bertz CT molecular complexity index is 659. The smallest absolute Gasteiger partial charge is 0.202 e. The third kappa shape index (κ3) is 1.90. The lowest BCUT2D eigenvalue weighted by Gasteiger charge is -2.05. The maximum absolute atomic E-state index is 5.91. The predicted molar refractivity (Wildman–Crippen MR) is 69.9 cm³/mol. The molecule has 18 heavy (non-hydrogen) atoms. The van der Waals surface area contributed by atoms with Gasteiger partial charge in [-0.25, -0.2) is 9.97 Å². The van der Waals surface area contributed by atoms with Crippen LogP contribution < -0.4 is 5.73 Å². The Morgan fingerprint density at radius 2 is 1.94 bits per heavy atom. The molecule has 0 saturated carbocycles. The van der Waals surface area contributed by atoms with E-state index in [-0.39, 0.29) is 0 Å². The van der Waals surface area contributed by atoms with Crippen LogP contribution in [-0.4, -0.2) is 19.5 Å². The molecule has 0 bridgehead atoms. The number of aromatic nitrogens is 4. The molecule has 0 unspecified atom stereocenters. The maximum Gasteiger partial charge on any atom is 0.202 e. The molecular formula is C13H13N5. The fraction of sp³-hybridized carbons (Fsp3) is 0.154. The Morgan fingerprint density at radius 3 is 2.78 bits per heavy atom. The number of anilines is 1. The van der Waals surface area contributed by atoms with Crippen molar-refractivity contribution in [3.8, 4) is 0 Å². The van der Waals surface area contributed by atoms with Gasteiger partial charge >= 0.3 is 0 Å². The second kappa shape index (κ2) is 4.44. The molecule has 0 aliphatic rings. The molecule has 90 valence electrons. The van der Waals surface area contributed by atoms with E-state index in [1.54, 1.807) is 12.4 Å². The molecule has 2 N–H and O–H groups in total. The summed E-state index contributed by atoms with van der Waals surface area (Å²) >= 11 is 0. The van der Waals surface area contributed by atoms with Crippen LogP contribution in [0.25, 0.3) is 11.2 Å². The molecule has 0 radical (unpaired) electrons. The number of nitrogens with zero attached hydrogens (tertiary/aromatic N) is 4. The highest BCUT2D eigenvalue weighted by Crippen LogP contribution is 2.15. The molecule has 0 saturated heterocycles. The summed E-state index contributed by atoms with van der Waals surface area (Å²) in [4.78, 5) is 12.9. The van der Waals surface area contributed by atoms with E-state index in [1.165, 1.54) is 0 Å². The quantitative estimate of drug-likeness (QED) is 0.754. The van der Waals surface area contributed by atoms with E-state index in [9.17, 15) is 0 Å². The van der Waals surface area contributed by atoms with Gasteiger partial charge in [-0.2, -0.15) is 0 Å². The molecule has 5 heteroatoms. The topological polar surface area (TPSA) is 69.6 Å². The van der Waals surface area contributed by atoms with Crippen molar-refractivity contribution >= 4 is 17.1 Å². The first-order valence-corrected chi connectivity index (χ1v) is 5.81. The highest BCUT2D eigenvalue weighted by molar-refractivity contribution is 5.73. The zero-order chi connectivity index (χ0) is 12.4. The summed E-state index contributed by atoms with van der Waals surface area (Å²) < 4.78 is 1.92. The van der Waals surface area contributed by atoms with Crippen LogP contribution >= 0.6 is 0 Å². The predicted octanol–water partition coefficient (Wildman–Crippen LogP) is 1.65. The number of nitrogens with two attached hydrogens (primary N) is 1. The van der Waals surface area contributed by atoms with Crippen molar-refractivity contribution in [3.63, 3.8) is 0 Å². The van der Waals surface area contributed by atoms with Crippen LogP contribution in [0.2, 0.25) is 0 Å². The third-order valence-electron chi connectivity index (χ3n) is 2.85. The van der Waals surface area contributed by atoms with Gasteiger partial charge in [0.25, 0.3) is 0 Å². The number of fused-ring (bicyclic) bond motifs is 1. The normalized spacial score (nSPS) is 10.9. The Morgan fingerprint density at radius 1 is 1.06 bits per heavy atom. The molecule has 0 fully saturated rings. The number of pyridine rings is 2. The molecule has 3 aromatic rings. The van der Waals surface area contributed by atoms with Gasteiger partial charge in [0.05, 0.1) is 0 Å². The van der Waals surface area contributed by atoms with E-state index in [0.29, 0.717) is 5.95 Å². The van der Waals surface area contributed by atoms with Gasteiger partial charge in [0.1, 0.15) is 5.52 Å². The highest BCUT2D eigenvalue weighted by atomic mass is 15.2. The summed E-state index contributed by atoms with van der Waals surface area (Å²) in [5.74, 6) is 0.500. The van der Waals surface area contributed by atoms with Gasteiger partial charge < -0.3 is 5.73 Å². The zero-order valence-corrected chi connectivity index (χ0v) is 9.82. The van der Waals surface area contributed by atoms with Crippen LogP contribution in [0, 0.1) is 0 Å². The summed E-state index contributed by atoms with van der Waals surface area (Å²) in [6.45, 7) is 0.732. The standard InChI is InChI=1S/C13H13N5/c14-13-17-11-5-3-8-16-12(11)18(13)9-6-10-4-1-2-7-15-10/h1-5,7-8H,6,9H2,(H2,14,17). The minimum atomic E-state index is 0.500. The van der Waals surface area contributed by atoms with Gasteiger partial charge in [0, 0.05) is 31.1 Å². The average Bonchev–Trinajstić information content (AvgIpc) is 2.73. The van der Waals surface area contributed by atoms with E-state index < -0.39 is 0 Å². The molecule has 0 atom stereocenters. The average molecular weight is 239 g/mol. The second-order valence-electron chi connectivity index (χ2n) is 4.04. The number of rotatable bonds is 3. The molecule has 0 amide bonds. The number of imidazole rings is 1. The number of hydrogen-bond acceptors (Lipinski definition) is 4. The minimum absolute atomic E-state index is 0.500. The van der Waals surface area contributed by atoms with Crippen molar-refractivity contribution < 1.29 is 0 Å². The Labute approximate surface area is 104 Å². The molecule has 3 heterocycles. The molecule has 3 rings (SSSR count). The van der Waals surface area contributed by atoms with E-state index in [1.807, 2.05) is 34.9 Å². The van der Waals surface area contributed by atoms with E-state index in [0.717, 1.165) is 29.8 Å². The van der Waals surface area contributed by atoms with Crippen LogP contribution in [0.4, 0.5) is 5.95 Å². The summed E-state index contributed by atoms with van der Waals surface area (Å²) in [5, 5.41) is 0. The van der Waals surface area contributed by atoms with Gasteiger partial charge in [0.2, 0.25) is 5.95 Å². The second-order valence-corrected chi connectivity index (χ2v) is 4.04. The van der Waals surface area contributed by atoms with Crippen LogP contribution in [0.5, 0.6) is 0 Å². The number of nitrogen functional groups attached to an aromatic ring is 1. The zero-order valence-electron chi connectivity index (χ0n) is 9.82. The fourth-order valence-electron chi connectivity index (χ4n) is 1.97. The van der Waals surface area contributed by atoms with Gasteiger partial charge in [-0.1, -0.05) is 6.07 Å². The van der Waals surface area contributed by atoms with Gasteiger partial charge in [-0.15, -0.1) is 0 Å². The first-order chi connectivity index (χ1) is 8.84. The lowest BCUT2D eigenvalue weighted by molar-refractivity contribution is 0.707. The summed E-state index contributed by atoms with van der Waals surface area (Å²) in [6.07, 6.45) is 4.36. The molecule has 5 nitrogen and oxygen atoms in total. The molecular weight excluding hydrogens is 226 g/mol. The Kier molecular flexibility index (Phi) is 2.64. The van der Waals surface area contributed by atoms with Gasteiger partial charge in [0.15, 0.2) is 5.65 Å². The van der Waals surface area contributed by atoms with Crippen molar-refractivity contribution in [2.75, 3.05) is 5.73 Å². The van der Waals surface area contributed by atoms with Crippen LogP contribution in [0.3, 0.4) is 0 Å². The highest BCUT2D eigenvalue weighted by Gasteiger charge is 2.08. The Balaban J connectivity index is 1.89. The SMILES string of the molecule is Nc1nc2cccnc2n1CCc1ccccn1. The number of hydrogen-bond donors (Lipinski definition) is 1. The summed E-state index contributed by atoms with van der Waals surface area (Å²) in [5.41, 5.74) is 8.60. The minimum Gasteiger partial charge on any atom is -0.369 e. The van der Waals surface area contributed by atoms with Crippen molar-refractivity contribution in [1.29, 1.82) is 0 Å². The first kappa shape index (κ1) is 10.7. The summed E-state index contributed by atoms with van der Waals surface area (Å²) in [7, 11) is 0. The van der Waals surface area contributed by atoms with Crippen molar-refractivity contribution in [2.45, 2.75) is 13.0 Å². The third-order valence-corrected chi connectivity index (χ3v) is 2.85. The maximum atomic E-state index is 5.91. The molecule has 0 spiro atoms. The van der Waals surface area contributed by atoms with Gasteiger partial charge in [-0.3, -0.25) is 9.55 Å². The van der Waals surface area contributed by atoms with Crippen molar-refractivity contribution in [1.82, 2.24) is 19.5 Å². The van der Waals surface area contributed by atoms with Crippen LogP contribution in [0.1, 0.15) is 5.69 Å². The fourth-order valence-corrected chi connectivity index (χ4v) is 1.97. The Hall–Kier alpha value is -2.43. The van der Waals surface area contributed by atoms with E-state index in [2.05, 4.69) is 15.0 Å². The lowest BCUT2D eigenvalue weighted by atomic mass is 10.3.